The molecule has 0 amide bonds. The van der Waals surface area contributed by atoms with Crippen molar-refractivity contribution in [2.45, 2.75) is 32.2 Å². The Morgan fingerprint density at radius 1 is 1.09 bits per heavy atom. The third-order valence-corrected chi connectivity index (χ3v) is 4.24. The highest BCUT2D eigenvalue weighted by molar-refractivity contribution is 5.49. The molecule has 1 aliphatic heterocycles. The van der Waals surface area contributed by atoms with Gasteiger partial charge in [0.15, 0.2) is 0 Å². The van der Waals surface area contributed by atoms with Crippen molar-refractivity contribution >= 4 is 11.6 Å². The summed E-state index contributed by atoms with van der Waals surface area (Å²) in [5, 5.41) is 3.37. The van der Waals surface area contributed by atoms with Gasteiger partial charge in [-0.2, -0.15) is 0 Å². The van der Waals surface area contributed by atoms with Crippen molar-refractivity contribution < 1.29 is 4.74 Å². The smallest absolute Gasteiger partial charge is 0.134 e. The van der Waals surface area contributed by atoms with E-state index in [4.69, 9.17) is 4.74 Å². The van der Waals surface area contributed by atoms with Crippen LogP contribution < -0.4 is 15.0 Å². The summed E-state index contributed by atoms with van der Waals surface area (Å²) in [5.41, 5.74) is 1.12. The van der Waals surface area contributed by atoms with E-state index in [1.165, 1.54) is 25.7 Å². The largest absolute Gasteiger partial charge is 0.496 e. The molecular formula is C18H24N4O. The maximum Gasteiger partial charge on any atom is 0.134 e. The summed E-state index contributed by atoms with van der Waals surface area (Å²) in [4.78, 5) is 11.1. The highest BCUT2D eigenvalue weighted by Gasteiger charge is 2.12. The Hall–Kier alpha value is -2.30. The topological polar surface area (TPSA) is 50.3 Å². The molecular weight excluding hydrogens is 288 g/mol. The lowest BCUT2D eigenvalue weighted by atomic mass is 10.2. The van der Waals surface area contributed by atoms with Gasteiger partial charge in [0.05, 0.1) is 7.11 Å². The Morgan fingerprint density at radius 3 is 2.65 bits per heavy atom. The second-order valence-electron chi connectivity index (χ2n) is 5.83. The second-order valence-corrected chi connectivity index (χ2v) is 5.83. The standard InChI is InChI=1S/C18H24N4O/c1-23-16-9-5-4-8-15(16)13-19-17-12-18(21-14-20-17)22-10-6-2-3-7-11-22/h4-5,8-9,12,14H,2-3,6-7,10-11,13H2,1H3,(H,19,20,21). The molecule has 2 heterocycles. The lowest BCUT2D eigenvalue weighted by molar-refractivity contribution is 0.410. The van der Waals surface area contributed by atoms with Gasteiger partial charge in [-0.3, -0.25) is 0 Å². The lowest BCUT2D eigenvalue weighted by Crippen LogP contribution is -2.25. The SMILES string of the molecule is COc1ccccc1CNc1cc(N2CCCCCC2)ncn1. The normalized spacial score (nSPS) is 15.1. The predicted octanol–water partition coefficient (Wildman–Crippen LogP) is 3.48. The van der Waals surface area contributed by atoms with Gasteiger partial charge in [-0.1, -0.05) is 31.0 Å². The minimum atomic E-state index is 0.681. The van der Waals surface area contributed by atoms with Gasteiger partial charge in [0, 0.05) is 31.3 Å². The third-order valence-electron chi connectivity index (χ3n) is 4.24. The fourth-order valence-corrected chi connectivity index (χ4v) is 2.95. The van der Waals surface area contributed by atoms with Crippen LogP contribution in [-0.4, -0.2) is 30.2 Å². The fourth-order valence-electron chi connectivity index (χ4n) is 2.95. The van der Waals surface area contributed by atoms with Gasteiger partial charge in [-0.15, -0.1) is 0 Å². The van der Waals surface area contributed by atoms with Crippen molar-refractivity contribution in [1.82, 2.24) is 9.97 Å². The van der Waals surface area contributed by atoms with Crippen molar-refractivity contribution in [2.75, 3.05) is 30.4 Å². The molecule has 5 nitrogen and oxygen atoms in total. The Labute approximate surface area is 137 Å². The Morgan fingerprint density at radius 2 is 1.87 bits per heavy atom. The number of hydrogen-bond acceptors (Lipinski definition) is 5. The molecule has 5 heteroatoms. The van der Waals surface area contributed by atoms with Crippen LogP contribution in [0.2, 0.25) is 0 Å². The van der Waals surface area contributed by atoms with Gasteiger partial charge in [0.2, 0.25) is 0 Å². The molecule has 1 aromatic heterocycles. The number of nitrogens with one attached hydrogen (secondary N) is 1. The van der Waals surface area contributed by atoms with E-state index < -0.39 is 0 Å². The first-order valence-corrected chi connectivity index (χ1v) is 8.29. The van der Waals surface area contributed by atoms with Crippen LogP contribution in [0, 0.1) is 0 Å². The summed E-state index contributed by atoms with van der Waals surface area (Å²) in [7, 11) is 1.70. The lowest BCUT2D eigenvalue weighted by Gasteiger charge is -2.21. The summed E-state index contributed by atoms with van der Waals surface area (Å²) in [6, 6.07) is 10.1. The zero-order chi connectivity index (χ0) is 15.9. The summed E-state index contributed by atoms with van der Waals surface area (Å²) in [5.74, 6) is 2.76. The molecule has 1 aliphatic rings. The van der Waals surface area contributed by atoms with Crippen LogP contribution in [-0.2, 0) is 6.54 Å². The highest BCUT2D eigenvalue weighted by atomic mass is 16.5. The summed E-state index contributed by atoms with van der Waals surface area (Å²) >= 11 is 0. The van der Waals surface area contributed by atoms with Crippen LogP contribution in [0.3, 0.4) is 0 Å². The van der Waals surface area contributed by atoms with Crippen LogP contribution in [0.5, 0.6) is 5.75 Å². The molecule has 0 spiro atoms. The molecule has 3 rings (SSSR count). The van der Waals surface area contributed by atoms with Crippen molar-refractivity contribution in [3.05, 3.63) is 42.2 Å². The summed E-state index contributed by atoms with van der Waals surface area (Å²) < 4.78 is 5.39. The molecule has 1 fully saturated rings. The molecule has 1 saturated heterocycles. The minimum Gasteiger partial charge on any atom is -0.496 e. The van der Waals surface area contributed by atoms with Gasteiger partial charge < -0.3 is 15.0 Å². The van der Waals surface area contributed by atoms with Crippen LogP contribution in [0.1, 0.15) is 31.2 Å². The zero-order valence-corrected chi connectivity index (χ0v) is 13.7. The zero-order valence-electron chi connectivity index (χ0n) is 13.7. The van der Waals surface area contributed by atoms with E-state index in [0.29, 0.717) is 6.54 Å². The van der Waals surface area contributed by atoms with Gasteiger partial charge in [0.25, 0.3) is 0 Å². The van der Waals surface area contributed by atoms with Crippen LogP contribution >= 0.6 is 0 Å². The van der Waals surface area contributed by atoms with E-state index in [0.717, 1.165) is 36.0 Å². The molecule has 0 bridgehead atoms. The first kappa shape index (κ1) is 15.6. The molecule has 1 N–H and O–H groups in total. The van der Waals surface area contributed by atoms with E-state index >= 15 is 0 Å². The number of benzene rings is 1. The van der Waals surface area contributed by atoms with Gasteiger partial charge in [0.1, 0.15) is 23.7 Å². The number of methoxy groups -OCH3 is 1. The number of para-hydroxylation sites is 1. The number of ether oxygens (including phenoxy) is 1. The van der Waals surface area contributed by atoms with Crippen LogP contribution in [0.15, 0.2) is 36.7 Å². The number of anilines is 2. The van der Waals surface area contributed by atoms with E-state index in [2.05, 4.69) is 26.3 Å². The van der Waals surface area contributed by atoms with Crippen LogP contribution in [0.4, 0.5) is 11.6 Å². The molecule has 2 aromatic rings. The summed E-state index contributed by atoms with van der Waals surface area (Å²) in [6.45, 7) is 2.85. The third kappa shape index (κ3) is 4.12. The van der Waals surface area contributed by atoms with Crippen molar-refractivity contribution in [1.29, 1.82) is 0 Å². The van der Waals surface area contributed by atoms with Gasteiger partial charge in [-0.05, 0) is 18.9 Å². The van der Waals surface area contributed by atoms with Crippen molar-refractivity contribution in [3.8, 4) is 5.75 Å². The van der Waals surface area contributed by atoms with E-state index in [1.807, 2.05) is 24.3 Å². The number of aromatic nitrogens is 2. The quantitative estimate of drug-likeness (QED) is 0.916. The minimum absolute atomic E-state index is 0.681. The number of nitrogens with zero attached hydrogens (tertiary/aromatic N) is 3. The second kappa shape index (κ2) is 7.81. The monoisotopic (exact) mass is 312 g/mol. The average molecular weight is 312 g/mol. The molecule has 23 heavy (non-hydrogen) atoms. The molecule has 0 aliphatic carbocycles. The van der Waals surface area contributed by atoms with Gasteiger partial charge in [-0.25, -0.2) is 9.97 Å². The van der Waals surface area contributed by atoms with E-state index in [1.54, 1.807) is 13.4 Å². The van der Waals surface area contributed by atoms with Crippen LogP contribution in [0.25, 0.3) is 0 Å². The predicted molar refractivity (Wildman–Crippen MR) is 93.0 cm³/mol. The Bertz CT molecular complexity index is 624. The molecule has 0 atom stereocenters. The maximum atomic E-state index is 5.39. The molecule has 0 radical (unpaired) electrons. The first-order valence-electron chi connectivity index (χ1n) is 8.29. The first-order chi connectivity index (χ1) is 11.4. The van der Waals surface area contributed by atoms with Gasteiger partial charge >= 0.3 is 0 Å². The Balaban J connectivity index is 1.67. The number of rotatable bonds is 5. The summed E-state index contributed by atoms with van der Waals surface area (Å²) in [6.07, 6.45) is 6.77. The van der Waals surface area contributed by atoms with E-state index in [-0.39, 0.29) is 0 Å². The fraction of sp³-hybridized carbons (Fsp3) is 0.444. The van der Waals surface area contributed by atoms with Crippen molar-refractivity contribution in [3.63, 3.8) is 0 Å². The van der Waals surface area contributed by atoms with E-state index in [9.17, 15) is 0 Å². The molecule has 1 aromatic carbocycles. The van der Waals surface area contributed by atoms with Crippen molar-refractivity contribution in [2.24, 2.45) is 0 Å². The molecule has 0 unspecified atom stereocenters. The average Bonchev–Trinajstić information content (AvgIpc) is 2.90. The molecule has 122 valence electrons. The molecule has 0 saturated carbocycles. The highest BCUT2D eigenvalue weighted by Crippen LogP contribution is 2.21. The maximum absolute atomic E-state index is 5.39. The Kier molecular flexibility index (Phi) is 5.29. The number of hydrogen-bond donors (Lipinski definition) is 1.